The molecule has 0 aliphatic carbocycles. The minimum atomic E-state index is 0.131. The summed E-state index contributed by atoms with van der Waals surface area (Å²) in [7, 11) is 0. The normalized spacial score (nSPS) is 12.0. The van der Waals surface area contributed by atoms with Crippen molar-refractivity contribution in [3.8, 4) is 16.8 Å². The van der Waals surface area contributed by atoms with Crippen LogP contribution in [-0.2, 0) is 5.41 Å². The molecule has 0 saturated heterocycles. The number of hydrogen-bond acceptors (Lipinski definition) is 1. The van der Waals surface area contributed by atoms with Gasteiger partial charge in [-0.25, -0.2) is 0 Å². The quantitative estimate of drug-likeness (QED) is 0.310. The largest absolute Gasteiger partial charge is 0.309 e. The Morgan fingerprint density at radius 1 is 0.733 bits per heavy atom. The van der Waals surface area contributed by atoms with Gasteiger partial charge in [0.05, 0.1) is 11.0 Å². The fourth-order valence-corrected chi connectivity index (χ4v) is 4.18. The van der Waals surface area contributed by atoms with Crippen molar-refractivity contribution in [2.24, 2.45) is 0 Å². The Bertz CT molecular complexity index is 1290. The van der Waals surface area contributed by atoms with Gasteiger partial charge < -0.3 is 4.57 Å². The lowest BCUT2D eigenvalue weighted by Crippen LogP contribution is -2.15. The van der Waals surface area contributed by atoms with Crippen molar-refractivity contribution in [3.63, 3.8) is 0 Å². The van der Waals surface area contributed by atoms with Crippen LogP contribution in [0.4, 0.5) is 0 Å². The van der Waals surface area contributed by atoms with Crippen LogP contribution in [0.3, 0.4) is 0 Å². The van der Waals surface area contributed by atoms with E-state index in [1.807, 2.05) is 12.4 Å². The zero-order valence-electron chi connectivity index (χ0n) is 17.8. The number of benzene rings is 3. The molecule has 5 aromatic rings. The topological polar surface area (TPSA) is 17.8 Å². The predicted octanol–water partition coefficient (Wildman–Crippen LogP) is 7.53. The first-order valence-corrected chi connectivity index (χ1v) is 10.6. The molecule has 0 atom stereocenters. The number of pyridine rings is 1. The Hall–Kier alpha value is -3.39. The standard InChI is InChI=1S/C28H26N2/c1-4-28(2,3)22-17-21(18-29-19-22)20-13-15-23(16-14-20)30-26-11-7-5-9-24(26)25-10-6-8-12-27(25)30/h5-19H,4H2,1-3H3. The van der Waals surface area contributed by atoms with Gasteiger partial charge in [-0.3, -0.25) is 4.98 Å². The van der Waals surface area contributed by atoms with E-state index in [1.54, 1.807) is 0 Å². The second kappa shape index (κ2) is 7.14. The van der Waals surface area contributed by atoms with Crippen LogP contribution in [0.2, 0.25) is 0 Å². The molecule has 0 spiro atoms. The molecule has 30 heavy (non-hydrogen) atoms. The summed E-state index contributed by atoms with van der Waals surface area (Å²) in [6.07, 6.45) is 5.05. The van der Waals surface area contributed by atoms with Crippen molar-refractivity contribution in [3.05, 3.63) is 96.8 Å². The number of aromatic nitrogens is 2. The zero-order valence-corrected chi connectivity index (χ0v) is 17.8. The van der Waals surface area contributed by atoms with Gasteiger partial charge in [0.15, 0.2) is 0 Å². The lowest BCUT2D eigenvalue weighted by atomic mass is 9.82. The number of hydrogen-bond donors (Lipinski definition) is 0. The van der Waals surface area contributed by atoms with Crippen molar-refractivity contribution < 1.29 is 0 Å². The highest BCUT2D eigenvalue weighted by Gasteiger charge is 2.19. The molecule has 0 saturated carbocycles. The van der Waals surface area contributed by atoms with Crippen LogP contribution in [0, 0.1) is 0 Å². The summed E-state index contributed by atoms with van der Waals surface area (Å²) in [6.45, 7) is 6.78. The first kappa shape index (κ1) is 18.6. The van der Waals surface area contributed by atoms with Crippen LogP contribution in [0.25, 0.3) is 38.6 Å². The van der Waals surface area contributed by atoms with Gasteiger partial charge in [0.2, 0.25) is 0 Å². The van der Waals surface area contributed by atoms with E-state index in [0.717, 1.165) is 6.42 Å². The molecule has 0 N–H and O–H groups in total. The Labute approximate surface area is 177 Å². The number of para-hydroxylation sites is 2. The van der Waals surface area contributed by atoms with E-state index in [-0.39, 0.29) is 5.41 Å². The van der Waals surface area contributed by atoms with Gasteiger partial charge >= 0.3 is 0 Å². The van der Waals surface area contributed by atoms with Gasteiger partial charge in [0.25, 0.3) is 0 Å². The van der Waals surface area contributed by atoms with Crippen LogP contribution < -0.4 is 0 Å². The lowest BCUT2D eigenvalue weighted by Gasteiger charge is -2.23. The maximum atomic E-state index is 4.52. The van der Waals surface area contributed by atoms with E-state index in [9.17, 15) is 0 Å². The van der Waals surface area contributed by atoms with Crippen molar-refractivity contribution >= 4 is 21.8 Å². The van der Waals surface area contributed by atoms with E-state index in [2.05, 4.69) is 109 Å². The molecule has 3 aromatic carbocycles. The van der Waals surface area contributed by atoms with Crippen LogP contribution in [0.15, 0.2) is 91.3 Å². The molecule has 2 nitrogen and oxygen atoms in total. The Morgan fingerprint density at radius 3 is 1.93 bits per heavy atom. The highest BCUT2D eigenvalue weighted by Crippen LogP contribution is 2.33. The summed E-state index contributed by atoms with van der Waals surface area (Å²) in [5.74, 6) is 0. The fraction of sp³-hybridized carbons (Fsp3) is 0.179. The summed E-state index contributed by atoms with van der Waals surface area (Å²) in [6, 6.07) is 28.4. The average Bonchev–Trinajstić information content (AvgIpc) is 3.14. The van der Waals surface area contributed by atoms with Gasteiger partial charge in [-0.15, -0.1) is 0 Å². The molecule has 2 heteroatoms. The number of fused-ring (bicyclic) bond motifs is 3. The summed E-state index contributed by atoms with van der Waals surface area (Å²) >= 11 is 0. The fourth-order valence-electron chi connectivity index (χ4n) is 4.18. The van der Waals surface area contributed by atoms with Crippen molar-refractivity contribution in [2.45, 2.75) is 32.6 Å². The molecular weight excluding hydrogens is 364 g/mol. The Morgan fingerprint density at radius 2 is 1.33 bits per heavy atom. The summed E-state index contributed by atoms with van der Waals surface area (Å²) in [5.41, 5.74) is 7.43. The Kier molecular flexibility index (Phi) is 4.43. The second-order valence-electron chi connectivity index (χ2n) is 8.62. The van der Waals surface area contributed by atoms with Crippen LogP contribution in [0.1, 0.15) is 32.8 Å². The summed E-state index contributed by atoms with van der Waals surface area (Å²) in [4.78, 5) is 4.52. The Balaban J connectivity index is 1.61. The molecule has 5 rings (SSSR count). The van der Waals surface area contributed by atoms with Crippen LogP contribution in [-0.4, -0.2) is 9.55 Å². The minimum Gasteiger partial charge on any atom is -0.309 e. The molecule has 0 aliphatic heterocycles. The second-order valence-corrected chi connectivity index (χ2v) is 8.62. The average molecular weight is 391 g/mol. The van der Waals surface area contributed by atoms with E-state index >= 15 is 0 Å². The summed E-state index contributed by atoms with van der Waals surface area (Å²) < 4.78 is 2.35. The monoisotopic (exact) mass is 390 g/mol. The van der Waals surface area contributed by atoms with E-state index < -0.39 is 0 Å². The number of rotatable bonds is 4. The predicted molar refractivity (Wildman–Crippen MR) is 127 cm³/mol. The van der Waals surface area contributed by atoms with Gasteiger partial charge in [0, 0.05) is 34.4 Å². The lowest BCUT2D eigenvalue weighted by molar-refractivity contribution is 0.504. The van der Waals surface area contributed by atoms with E-state index in [4.69, 9.17) is 0 Å². The van der Waals surface area contributed by atoms with Gasteiger partial charge in [-0.1, -0.05) is 69.3 Å². The SMILES string of the molecule is CCC(C)(C)c1cncc(-c2ccc(-n3c4ccccc4c4ccccc43)cc2)c1. The van der Waals surface area contributed by atoms with Gasteiger partial charge in [-0.2, -0.15) is 0 Å². The smallest absolute Gasteiger partial charge is 0.0541 e. The molecule has 2 aromatic heterocycles. The van der Waals surface area contributed by atoms with Crippen molar-refractivity contribution in [1.29, 1.82) is 0 Å². The van der Waals surface area contributed by atoms with E-state index in [0.29, 0.717) is 0 Å². The molecule has 2 heterocycles. The third-order valence-electron chi connectivity index (χ3n) is 6.44. The molecule has 0 bridgehead atoms. The third-order valence-corrected chi connectivity index (χ3v) is 6.44. The third kappa shape index (κ3) is 3.00. The van der Waals surface area contributed by atoms with Crippen LogP contribution in [0.5, 0.6) is 0 Å². The molecule has 0 fully saturated rings. The van der Waals surface area contributed by atoms with Gasteiger partial charge in [-0.05, 0) is 53.3 Å². The van der Waals surface area contributed by atoms with Crippen molar-refractivity contribution in [1.82, 2.24) is 9.55 Å². The first-order chi connectivity index (χ1) is 14.6. The molecule has 0 unspecified atom stereocenters. The molecular formula is C28H26N2. The highest BCUT2D eigenvalue weighted by molar-refractivity contribution is 6.09. The first-order valence-electron chi connectivity index (χ1n) is 10.6. The minimum absolute atomic E-state index is 0.131. The van der Waals surface area contributed by atoms with Gasteiger partial charge in [0.1, 0.15) is 0 Å². The molecule has 0 aliphatic rings. The summed E-state index contributed by atoms with van der Waals surface area (Å²) in [5, 5.41) is 2.58. The molecule has 0 radical (unpaired) electrons. The maximum absolute atomic E-state index is 4.52. The zero-order chi connectivity index (χ0) is 20.7. The molecule has 0 amide bonds. The maximum Gasteiger partial charge on any atom is 0.0541 e. The van der Waals surface area contributed by atoms with Crippen LogP contribution >= 0.6 is 0 Å². The highest BCUT2D eigenvalue weighted by atomic mass is 15.0. The van der Waals surface area contributed by atoms with E-state index in [1.165, 1.54) is 44.2 Å². The van der Waals surface area contributed by atoms with Crippen molar-refractivity contribution in [2.75, 3.05) is 0 Å². The molecule has 148 valence electrons. The number of nitrogens with zero attached hydrogens (tertiary/aromatic N) is 2.